The minimum absolute atomic E-state index is 0.442. The van der Waals surface area contributed by atoms with Gasteiger partial charge in [-0.1, -0.05) is 0 Å². The largest absolute Gasteiger partial charge is 0.468 e. The van der Waals surface area contributed by atoms with E-state index in [1.54, 1.807) is 0 Å². The lowest BCUT2D eigenvalue weighted by molar-refractivity contribution is -0.142. The Labute approximate surface area is 68.8 Å². The van der Waals surface area contributed by atoms with Crippen molar-refractivity contribution in [2.24, 2.45) is 11.5 Å². The van der Waals surface area contributed by atoms with E-state index in [-0.39, 0.29) is 0 Å². The van der Waals surface area contributed by atoms with Crippen LogP contribution in [0.2, 0.25) is 0 Å². The first-order valence-corrected chi connectivity index (χ1v) is 3.25. The molecular weight excluding hydrogens is 167 g/mol. The van der Waals surface area contributed by atoms with Crippen LogP contribution in [0.1, 0.15) is 6.42 Å². The van der Waals surface area contributed by atoms with E-state index < -0.39 is 30.5 Å². The fraction of sp³-hybridized carbons (Fsp3) is 0.667. The van der Waals surface area contributed by atoms with Crippen LogP contribution in [0.5, 0.6) is 0 Å². The Balaban J connectivity index is 3.91. The molecule has 2 atom stereocenters. The fourth-order valence-electron chi connectivity index (χ4n) is 0.587. The second-order valence-electron chi connectivity index (χ2n) is 2.24. The molecule has 5 nitrogen and oxygen atoms in total. The van der Waals surface area contributed by atoms with Gasteiger partial charge in [0.15, 0.2) is 6.17 Å². The van der Waals surface area contributed by atoms with Crippen LogP contribution >= 0.6 is 0 Å². The normalized spacial score (nSPS) is 14.9. The molecule has 0 saturated carbocycles. The molecule has 1 amide bonds. The van der Waals surface area contributed by atoms with Gasteiger partial charge in [0, 0.05) is 6.42 Å². The second kappa shape index (κ2) is 4.66. The van der Waals surface area contributed by atoms with Crippen molar-refractivity contribution in [1.29, 1.82) is 0 Å². The van der Waals surface area contributed by atoms with Crippen LogP contribution in [-0.4, -0.2) is 31.2 Å². The summed E-state index contributed by atoms with van der Waals surface area (Å²) < 4.78 is 16.7. The highest BCUT2D eigenvalue weighted by molar-refractivity contribution is 5.81. The molecule has 0 aliphatic carbocycles. The van der Waals surface area contributed by atoms with Gasteiger partial charge in [-0.3, -0.25) is 9.59 Å². The van der Waals surface area contributed by atoms with E-state index in [1.165, 1.54) is 0 Å². The number of carbonyl (C=O) groups excluding carboxylic acids is 2. The van der Waals surface area contributed by atoms with E-state index in [2.05, 4.69) is 10.5 Å². The maximum absolute atomic E-state index is 12.5. The third-order valence-corrected chi connectivity index (χ3v) is 1.27. The number of methoxy groups -OCH3 is 1. The molecule has 0 aromatic heterocycles. The number of esters is 1. The van der Waals surface area contributed by atoms with Crippen LogP contribution in [0.4, 0.5) is 4.39 Å². The van der Waals surface area contributed by atoms with Crippen LogP contribution in [0.3, 0.4) is 0 Å². The number of halogens is 1. The van der Waals surface area contributed by atoms with E-state index in [0.29, 0.717) is 0 Å². The van der Waals surface area contributed by atoms with Crippen molar-refractivity contribution in [3.8, 4) is 0 Å². The molecule has 0 aliphatic rings. The molecule has 0 aliphatic heterocycles. The Hall–Kier alpha value is -1.17. The number of alkyl halides is 1. The predicted octanol–water partition coefficient (Wildman–Crippen LogP) is -1.30. The Morgan fingerprint density at radius 3 is 2.42 bits per heavy atom. The van der Waals surface area contributed by atoms with Gasteiger partial charge in [0.25, 0.3) is 5.91 Å². The quantitative estimate of drug-likeness (QED) is 0.523. The van der Waals surface area contributed by atoms with E-state index in [0.717, 1.165) is 7.11 Å². The summed E-state index contributed by atoms with van der Waals surface area (Å²) in [6.45, 7) is 0. The minimum Gasteiger partial charge on any atom is -0.468 e. The highest BCUT2D eigenvalue weighted by atomic mass is 19.1. The van der Waals surface area contributed by atoms with Crippen LogP contribution in [0.25, 0.3) is 0 Å². The molecular formula is C6H11FN2O3. The average molecular weight is 178 g/mol. The molecule has 12 heavy (non-hydrogen) atoms. The number of ether oxygens (including phenoxy) is 1. The molecule has 0 radical (unpaired) electrons. The van der Waals surface area contributed by atoms with Gasteiger partial charge in [0.05, 0.1) is 7.11 Å². The molecule has 0 heterocycles. The van der Waals surface area contributed by atoms with Crippen molar-refractivity contribution in [2.45, 2.75) is 18.6 Å². The first kappa shape index (κ1) is 10.8. The lowest BCUT2D eigenvalue weighted by Gasteiger charge is -2.09. The minimum atomic E-state index is -1.90. The van der Waals surface area contributed by atoms with Crippen LogP contribution in [0.15, 0.2) is 0 Å². The third kappa shape index (κ3) is 3.29. The molecule has 4 N–H and O–H groups in total. The Morgan fingerprint density at radius 1 is 1.58 bits per heavy atom. The Bertz CT molecular complexity index is 186. The maximum atomic E-state index is 12.5. The number of nitrogens with two attached hydrogens (primary N) is 2. The van der Waals surface area contributed by atoms with Gasteiger partial charge in [-0.25, -0.2) is 4.39 Å². The van der Waals surface area contributed by atoms with Crippen molar-refractivity contribution in [3.63, 3.8) is 0 Å². The molecule has 0 spiro atoms. The zero-order chi connectivity index (χ0) is 9.72. The van der Waals surface area contributed by atoms with Crippen LogP contribution in [0, 0.1) is 0 Å². The van der Waals surface area contributed by atoms with Gasteiger partial charge in [-0.15, -0.1) is 0 Å². The van der Waals surface area contributed by atoms with Crippen molar-refractivity contribution >= 4 is 11.9 Å². The molecule has 0 fully saturated rings. The first-order valence-electron chi connectivity index (χ1n) is 3.25. The molecule has 0 saturated heterocycles. The summed E-state index contributed by atoms with van der Waals surface area (Å²) in [6, 6.07) is -1.14. The summed E-state index contributed by atoms with van der Waals surface area (Å²) in [6.07, 6.45) is -2.35. The lowest BCUT2D eigenvalue weighted by atomic mass is 10.1. The summed E-state index contributed by atoms with van der Waals surface area (Å²) in [7, 11) is 1.12. The van der Waals surface area contributed by atoms with Gasteiger partial charge < -0.3 is 16.2 Å². The zero-order valence-corrected chi connectivity index (χ0v) is 6.62. The molecule has 0 rings (SSSR count). The molecule has 0 unspecified atom stereocenters. The first-order chi connectivity index (χ1) is 5.49. The Kier molecular flexibility index (Phi) is 4.20. The lowest BCUT2D eigenvalue weighted by Crippen LogP contribution is -2.38. The number of primary amides is 1. The molecule has 0 aromatic carbocycles. The molecule has 0 aromatic rings. The highest BCUT2D eigenvalue weighted by Crippen LogP contribution is 2.01. The van der Waals surface area contributed by atoms with E-state index in [4.69, 9.17) is 5.73 Å². The van der Waals surface area contributed by atoms with Crippen molar-refractivity contribution in [3.05, 3.63) is 0 Å². The fourth-order valence-corrected chi connectivity index (χ4v) is 0.587. The van der Waals surface area contributed by atoms with Gasteiger partial charge in [-0.05, 0) is 0 Å². The third-order valence-electron chi connectivity index (χ3n) is 1.27. The number of hydrogen-bond acceptors (Lipinski definition) is 4. The van der Waals surface area contributed by atoms with Crippen molar-refractivity contribution in [2.75, 3.05) is 7.11 Å². The van der Waals surface area contributed by atoms with E-state index >= 15 is 0 Å². The summed E-state index contributed by atoms with van der Waals surface area (Å²) in [4.78, 5) is 20.8. The SMILES string of the molecule is COC(=O)[C@H](N)C[C@@H](F)C(N)=O. The van der Waals surface area contributed by atoms with Gasteiger partial charge in [0.2, 0.25) is 0 Å². The van der Waals surface area contributed by atoms with Crippen molar-refractivity contribution < 1.29 is 18.7 Å². The number of rotatable bonds is 4. The smallest absolute Gasteiger partial charge is 0.322 e. The number of hydrogen-bond donors (Lipinski definition) is 2. The average Bonchev–Trinajstić information content (AvgIpc) is 2.02. The van der Waals surface area contributed by atoms with Gasteiger partial charge in [0.1, 0.15) is 6.04 Å². The van der Waals surface area contributed by atoms with Crippen molar-refractivity contribution in [1.82, 2.24) is 0 Å². The Morgan fingerprint density at radius 2 is 2.08 bits per heavy atom. The monoisotopic (exact) mass is 178 g/mol. The zero-order valence-electron chi connectivity index (χ0n) is 6.62. The summed E-state index contributed by atoms with van der Waals surface area (Å²) in [5.41, 5.74) is 9.75. The van der Waals surface area contributed by atoms with Gasteiger partial charge >= 0.3 is 5.97 Å². The number of carbonyl (C=O) groups is 2. The summed E-state index contributed by atoms with van der Waals surface area (Å²) in [5.74, 6) is -1.90. The number of amides is 1. The molecule has 70 valence electrons. The standard InChI is InChI=1S/C6H11FN2O3/c1-12-6(11)4(8)2-3(7)5(9)10/h3-4H,2,8H2,1H3,(H2,9,10)/t3-,4-/m1/s1. The van der Waals surface area contributed by atoms with Crippen LogP contribution < -0.4 is 11.5 Å². The van der Waals surface area contributed by atoms with Gasteiger partial charge in [-0.2, -0.15) is 0 Å². The maximum Gasteiger partial charge on any atom is 0.322 e. The van der Waals surface area contributed by atoms with E-state index in [1.807, 2.05) is 0 Å². The highest BCUT2D eigenvalue weighted by Gasteiger charge is 2.22. The molecule has 6 heteroatoms. The summed E-state index contributed by atoms with van der Waals surface area (Å²) in [5, 5.41) is 0. The van der Waals surface area contributed by atoms with Crippen LogP contribution in [-0.2, 0) is 14.3 Å². The summed E-state index contributed by atoms with van der Waals surface area (Å²) >= 11 is 0. The topological polar surface area (TPSA) is 95.4 Å². The predicted molar refractivity (Wildman–Crippen MR) is 38.7 cm³/mol. The molecule has 0 bridgehead atoms. The van der Waals surface area contributed by atoms with E-state index in [9.17, 15) is 14.0 Å². The second-order valence-corrected chi connectivity index (χ2v) is 2.24.